The number of ether oxygens (including phenoxy) is 2. The lowest BCUT2D eigenvalue weighted by Crippen LogP contribution is -2.10. The summed E-state index contributed by atoms with van der Waals surface area (Å²) in [5, 5.41) is 0.879. The second kappa shape index (κ2) is 8.08. The molecule has 0 amide bonds. The van der Waals surface area contributed by atoms with E-state index < -0.39 is 11.6 Å². The minimum Gasteiger partial charge on any atom is -0.497 e. The molecule has 0 saturated carbocycles. The Kier molecular flexibility index (Phi) is 5.60. The van der Waals surface area contributed by atoms with Crippen LogP contribution in [-0.2, 0) is 6.42 Å². The second-order valence-electron chi connectivity index (χ2n) is 6.38. The van der Waals surface area contributed by atoms with Gasteiger partial charge < -0.3 is 13.9 Å². The summed E-state index contributed by atoms with van der Waals surface area (Å²) < 4.78 is 16.0. The summed E-state index contributed by atoms with van der Waals surface area (Å²) in [7, 11) is 1.56. The Bertz CT molecular complexity index is 1020. The molecule has 0 aliphatic rings. The first kappa shape index (κ1) is 18.7. The fourth-order valence-corrected chi connectivity index (χ4v) is 2.98. The summed E-state index contributed by atoms with van der Waals surface area (Å²) in [6, 6.07) is 11.8. The first-order chi connectivity index (χ1) is 13.0. The molecule has 0 spiro atoms. The number of carbonyl (C=O) groups excluding carboxylic acids is 1. The molecule has 5 heteroatoms. The first-order valence-corrected chi connectivity index (χ1v) is 8.96. The van der Waals surface area contributed by atoms with Crippen molar-refractivity contribution in [3.8, 4) is 11.5 Å². The van der Waals surface area contributed by atoms with E-state index in [4.69, 9.17) is 13.9 Å². The largest absolute Gasteiger partial charge is 0.497 e. The summed E-state index contributed by atoms with van der Waals surface area (Å²) in [6.07, 6.45) is 2.84. The highest BCUT2D eigenvalue weighted by atomic mass is 16.5. The standard InChI is InChI=1S/C22H22O5/c1-4-5-6-16-13-20(23)27-21-14(2)19(12-11-18(16)21)26-22(24)15-7-9-17(25-3)10-8-15/h7-13H,4-6H2,1-3H3. The Morgan fingerprint density at radius 3 is 2.52 bits per heavy atom. The smallest absolute Gasteiger partial charge is 0.343 e. The van der Waals surface area contributed by atoms with Crippen LogP contribution in [0.25, 0.3) is 11.0 Å². The van der Waals surface area contributed by atoms with Crippen LogP contribution in [0.4, 0.5) is 0 Å². The molecule has 1 heterocycles. The van der Waals surface area contributed by atoms with Gasteiger partial charge in [-0.2, -0.15) is 0 Å². The lowest BCUT2D eigenvalue weighted by molar-refractivity contribution is 0.0733. The number of esters is 1. The number of unbranched alkanes of at least 4 members (excludes halogenated alkanes) is 1. The molecule has 3 rings (SSSR count). The van der Waals surface area contributed by atoms with E-state index >= 15 is 0 Å². The van der Waals surface area contributed by atoms with E-state index in [9.17, 15) is 9.59 Å². The predicted molar refractivity (Wildman–Crippen MR) is 104 cm³/mol. The predicted octanol–water partition coefficient (Wildman–Crippen LogP) is 4.67. The van der Waals surface area contributed by atoms with Crippen molar-refractivity contribution in [2.75, 3.05) is 7.11 Å². The quantitative estimate of drug-likeness (QED) is 0.360. The number of carbonyl (C=O) groups is 1. The molecule has 3 aromatic rings. The van der Waals surface area contributed by atoms with Crippen molar-refractivity contribution in [1.29, 1.82) is 0 Å². The fourth-order valence-electron chi connectivity index (χ4n) is 2.98. The monoisotopic (exact) mass is 366 g/mol. The van der Waals surface area contributed by atoms with Crippen LogP contribution in [0.2, 0.25) is 0 Å². The van der Waals surface area contributed by atoms with Gasteiger partial charge in [0.05, 0.1) is 12.7 Å². The molecule has 27 heavy (non-hydrogen) atoms. The van der Waals surface area contributed by atoms with Crippen LogP contribution in [0.15, 0.2) is 51.7 Å². The Morgan fingerprint density at radius 2 is 1.85 bits per heavy atom. The molecule has 0 bridgehead atoms. The fraction of sp³-hybridized carbons (Fsp3) is 0.273. The molecular formula is C22H22O5. The molecule has 2 aromatic carbocycles. The van der Waals surface area contributed by atoms with Crippen molar-refractivity contribution in [3.05, 3.63) is 69.6 Å². The number of aryl methyl sites for hydroxylation is 2. The van der Waals surface area contributed by atoms with Crippen LogP contribution in [-0.4, -0.2) is 13.1 Å². The van der Waals surface area contributed by atoms with Crippen molar-refractivity contribution >= 4 is 16.9 Å². The maximum Gasteiger partial charge on any atom is 0.343 e. The summed E-state index contributed by atoms with van der Waals surface area (Å²) in [5.74, 6) is 0.554. The van der Waals surface area contributed by atoms with Crippen molar-refractivity contribution in [2.45, 2.75) is 33.1 Å². The number of benzene rings is 2. The van der Waals surface area contributed by atoms with E-state index in [1.54, 1.807) is 50.4 Å². The van der Waals surface area contributed by atoms with Gasteiger partial charge >= 0.3 is 11.6 Å². The lowest BCUT2D eigenvalue weighted by atomic mass is 10.0. The Labute approximate surface area is 157 Å². The van der Waals surface area contributed by atoms with Gasteiger partial charge in [0.25, 0.3) is 0 Å². The molecule has 0 N–H and O–H groups in total. The number of hydrogen-bond donors (Lipinski definition) is 0. The minimum absolute atomic E-state index is 0.374. The first-order valence-electron chi connectivity index (χ1n) is 8.96. The zero-order valence-electron chi connectivity index (χ0n) is 15.7. The topological polar surface area (TPSA) is 65.7 Å². The van der Waals surface area contributed by atoms with Crippen molar-refractivity contribution in [1.82, 2.24) is 0 Å². The molecule has 5 nitrogen and oxygen atoms in total. The normalized spacial score (nSPS) is 10.8. The zero-order chi connectivity index (χ0) is 19.4. The van der Waals surface area contributed by atoms with Gasteiger partial charge in [0.1, 0.15) is 17.1 Å². The summed E-state index contributed by atoms with van der Waals surface area (Å²) in [6.45, 7) is 3.89. The van der Waals surface area contributed by atoms with Crippen LogP contribution >= 0.6 is 0 Å². The summed E-state index contributed by atoms with van der Waals surface area (Å²) in [5.41, 5.74) is 2.07. The number of hydrogen-bond acceptors (Lipinski definition) is 5. The minimum atomic E-state index is -0.482. The molecule has 0 aliphatic heterocycles. The van der Waals surface area contributed by atoms with Gasteiger partial charge in [0, 0.05) is 17.0 Å². The van der Waals surface area contributed by atoms with E-state index in [0.29, 0.717) is 28.2 Å². The van der Waals surface area contributed by atoms with E-state index in [-0.39, 0.29) is 0 Å². The third kappa shape index (κ3) is 4.03. The zero-order valence-corrected chi connectivity index (χ0v) is 15.7. The van der Waals surface area contributed by atoms with Gasteiger partial charge in [-0.25, -0.2) is 9.59 Å². The average Bonchev–Trinajstić information content (AvgIpc) is 2.68. The lowest BCUT2D eigenvalue weighted by Gasteiger charge is -2.11. The molecule has 0 unspecified atom stereocenters. The Hall–Kier alpha value is -3.08. The van der Waals surface area contributed by atoms with Crippen LogP contribution in [0.1, 0.15) is 41.3 Å². The van der Waals surface area contributed by atoms with E-state index in [2.05, 4.69) is 6.92 Å². The Morgan fingerprint density at radius 1 is 1.11 bits per heavy atom. The molecule has 0 atom stereocenters. The summed E-state index contributed by atoms with van der Waals surface area (Å²) in [4.78, 5) is 24.4. The highest BCUT2D eigenvalue weighted by molar-refractivity contribution is 5.92. The van der Waals surface area contributed by atoms with Gasteiger partial charge in [-0.1, -0.05) is 13.3 Å². The molecule has 0 fully saturated rings. The highest BCUT2D eigenvalue weighted by Gasteiger charge is 2.15. The maximum absolute atomic E-state index is 12.4. The molecule has 1 aromatic heterocycles. The Balaban J connectivity index is 1.94. The van der Waals surface area contributed by atoms with Crippen LogP contribution in [0.5, 0.6) is 11.5 Å². The van der Waals surface area contributed by atoms with Crippen LogP contribution in [0.3, 0.4) is 0 Å². The van der Waals surface area contributed by atoms with E-state index in [1.807, 2.05) is 6.07 Å². The van der Waals surface area contributed by atoms with Gasteiger partial charge in [-0.3, -0.25) is 0 Å². The highest BCUT2D eigenvalue weighted by Crippen LogP contribution is 2.29. The van der Waals surface area contributed by atoms with Gasteiger partial charge in [-0.15, -0.1) is 0 Å². The van der Waals surface area contributed by atoms with Crippen molar-refractivity contribution in [3.63, 3.8) is 0 Å². The third-order valence-corrected chi connectivity index (χ3v) is 4.52. The van der Waals surface area contributed by atoms with Crippen LogP contribution < -0.4 is 15.1 Å². The van der Waals surface area contributed by atoms with Gasteiger partial charge in [0.15, 0.2) is 0 Å². The number of fused-ring (bicyclic) bond motifs is 1. The molecule has 0 radical (unpaired) electrons. The third-order valence-electron chi connectivity index (χ3n) is 4.52. The second-order valence-corrected chi connectivity index (χ2v) is 6.38. The molecule has 0 aliphatic carbocycles. The molecular weight excluding hydrogens is 344 g/mol. The maximum atomic E-state index is 12.4. The van der Waals surface area contributed by atoms with Gasteiger partial charge in [0.2, 0.25) is 0 Å². The van der Waals surface area contributed by atoms with Crippen LogP contribution in [0, 0.1) is 6.92 Å². The SMILES string of the molecule is CCCCc1cc(=O)oc2c(C)c(OC(=O)c3ccc(OC)cc3)ccc12. The average molecular weight is 366 g/mol. The van der Waals surface area contributed by atoms with E-state index in [1.165, 1.54) is 0 Å². The number of rotatable bonds is 6. The van der Waals surface area contributed by atoms with E-state index in [0.717, 1.165) is 30.2 Å². The van der Waals surface area contributed by atoms with Crippen molar-refractivity contribution < 1.29 is 18.7 Å². The molecule has 140 valence electrons. The summed E-state index contributed by atoms with van der Waals surface area (Å²) >= 11 is 0. The van der Waals surface area contributed by atoms with Crippen molar-refractivity contribution in [2.24, 2.45) is 0 Å². The van der Waals surface area contributed by atoms with Gasteiger partial charge in [-0.05, 0) is 61.7 Å². The number of methoxy groups -OCH3 is 1. The molecule has 0 saturated heterocycles.